The summed E-state index contributed by atoms with van der Waals surface area (Å²) in [4.78, 5) is 20.6. The summed E-state index contributed by atoms with van der Waals surface area (Å²) in [7, 11) is 1.57. The van der Waals surface area contributed by atoms with Crippen LogP contribution < -0.4 is 14.8 Å². The number of amides is 1. The molecule has 0 radical (unpaired) electrons. The smallest absolute Gasteiger partial charge is 0.278 e. The number of ether oxygens (including phenoxy) is 2. The number of nitrogens with one attached hydrogen (secondary N) is 1. The van der Waals surface area contributed by atoms with E-state index in [9.17, 15) is 4.79 Å². The van der Waals surface area contributed by atoms with Gasteiger partial charge in [-0.25, -0.2) is 9.97 Å². The maximum absolute atomic E-state index is 12.3. The number of hydrogen-bond acceptors (Lipinski definition) is 5. The second-order valence-electron chi connectivity index (χ2n) is 7.24. The highest BCUT2D eigenvalue weighted by Crippen LogP contribution is 2.28. The van der Waals surface area contributed by atoms with Crippen molar-refractivity contribution in [3.63, 3.8) is 0 Å². The molecule has 0 atom stereocenters. The largest absolute Gasteiger partial charge is 0.477 e. The van der Waals surface area contributed by atoms with Crippen LogP contribution in [0.1, 0.15) is 64.2 Å². The lowest BCUT2D eigenvalue weighted by atomic mass is 9.86. The first kappa shape index (κ1) is 18.0. The van der Waals surface area contributed by atoms with Crippen LogP contribution in [0.4, 0.5) is 0 Å². The SMILES string of the molecule is COc1nccnc1OC1CCC(NC(=O)CC2CCCCC2)CC1. The molecule has 0 aromatic carbocycles. The van der Waals surface area contributed by atoms with Gasteiger partial charge in [0.05, 0.1) is 7.11 Å². The van der Waals surface area contributed by atoms with E-state index < -0.39 is 0 Å². The zero-order valence-corrected chi connectivity index (χ0v) is 15.1. The Balaban J connectivity index is 1.40. The number of nitrogens with zero attached hydrogens (tertiary/aromatic N) is 2. The number of hydrogen-bond donors (Lipinski definition) is 1. The first-order valence-electron chi connectivity index (χ1n) is 9.55. The summed E-state index contributed by atoms with van der Waals surface area (Å²) < 4.78 is 11.1. The number of carbonyl (C=O) groups excluding carboxylic acids is 1. The van der Waals surface area contributed by atoms with Gasteiger partial charge < -0.3 is 14.8 Å². The van der Waals surface area contributed by atoms with Gasteiger partial charge in [-0.1, -0.05) is 19.3 Å². The van der Waals surface area contributed by atoms with Crippen molar-refractivity contribution in [1.29, 1.82) is 0 Å². The van der Waals surface area contributed by atoms with E-state index in [0.717, 1.165) is 25.7 Å². The van der Waals surface area contributed by atoms with Gasteiger partial charge in [0, 0.05) is 24.9 Å². The van der Waals surface area contributed by atoms with Gasteiger partial charge in [-0.2, -0.15) is 0 Å². The van der Waals surface area contributed by atoms with E-state index in [-0.39, 0.29) is 18.1 Å². The normalized spacial score (nSPS) is 24.5. The molecule has 6 nitrogen and oxygen atoms in total. The van der Waals surface area contributed by atoms with Gasteiger partial charge in [0.25, 0.3) is 11.8 Å². The zero-order chi connectivity index (χ0) is 17.5. The van der Waals surface area contributed by atoms with Crippen molar-refractivity contribution in [1.82, 2.24) is 15.3 Å². The fourth-order valence-electron chi connectivity index (χ4n) is 3.96. The standard InChI is InChI=1S/C19H29N3O3/c1-24-18-19(21-12-11-20-18)25-16-9-7-15(8-10-16)22-17(23)13-14-5-3-2-4-6-14/h11-12,14-16H,2-10,13H2,1H3,(H,22,23). The predicted octanol–water partition coefficient (Wildman–Crippen LogP) is 3.26. The number of carbonyl (C=O) groups is 1. The van der Waals surface area contributed by atoms with Crippen LogP contribution in [0.25, 0.3) is 0 Å². The van der Waals surface area contributed by atoms with Crippen LogP contribution in [-0.2, 0) is 4.79 Å². The molecule has 1 aromatic rings. The molecule has 0 unspecified atom stereocenters. The van der Waals surface area contributed by atoms with Crippen LogP contribution >= 0.6 is 0 Å². The Morgan fingerprint density at radius 1 is 1.04 bits per heavy atom. The van der Waals surface area contributed by atoms with Crippen LogP contribution in [0.2, 0.25) is 0 Å². The Labute approximate surface area is 149 Å². The van der Waals surface area contributed by atoms with Gasteiger partial charge in [-0.3, -0.25) is 4.79 Å². The van der Waals surface area contributed by atoms with Crippen molar-refractivity contribution in [2.45, 2.75) is 76.4 Å². The third-order valence-corrected chi connectivity index (χ3v) is 5.34. The van der Waals surface area contributed by atoms with E-state index in [2.05, 4.69) is 15.3 Å². The summed E-state index contributed by atoms with van der Waals surface area (Å²) in [5, 5.41) is 3.23. The van der Waals surface area contributed by atoms with Gasteiger partial charge in [-0.05, 0) is 44.4 Å². The molecule has 2 aliphatic carbocycles. The Morgan fingerprint density at radius 3 is 2.40 bits per heavy atom. The molecule has 138 valence electrons. The highest BCUT2D eigenvalue weighted by atomic mass is 16.5. The Kier molecular flexibility index (Phi) is 6.48. The Bertz CT molecular complexity index is 553. The van der Waals surface area contributed by atoms with E-state index in [1.165, 1.54) is 32.1 Å². The van der Waals surface area contributed by atoms with Gasteiger partial charge >= 0.3 is 0 Å². The molecule has 2 fully saturated rings. The molecular weight excluding hydrogens is 318 g/mol. The van der Waals surface area contributed by atoms with Crippen molar-refractivity contribution in [2.75, 3.05) is 7.11 Å². The quantitative estimate of drug-likeness (QED) is 0.855. The first-order chi connectivity index (χ1) is 12.2. The highest BCUT2D eigenvalue weighted by molar-refractivity contribution is 5.76. The molecule has 1 heterocycles. The second-order valence-corrected chi connectivity index (χ2v) is 7.24. The van der Waals surface area contributed by atoms with E-state index in [0.29, 0.717) is 24.1 Å². The van der Waals surface area contributed by atoms with Gasteiger partial charge in [0.15, 0.2) is 0 Å². The molecule has 0 bridgehead atoms. The minimum absolute atomic E-state index is 0.108. The molecule has 6 heteroatoms. The lowest BCUT2D eigenvalue weighted by Crippen LogP contribution is -2.40. The molecule has 1 amide bonds. The lowest BCUT2D eigenvalue weighted by Gasteiger charge is -2.30. The molecule has 0 spiro atoms. The predicted molar refractivity (Wildman–Crippen MR) is 94.6 cm³/mol. The van der Waals surface area contributed by atoms with Crippen LogP contribution in [0.3, 0.4) is 0 Å². The second kappa shape index (κ2) is 9.02. The fraction of sp³-hybridized carbons (Fsp3) is 0.737. The van der Waals surface area contributed by atoms with Gasteiger partial charge in [-0.15, -0.1) is 0 Å². The minimum Gasteiger partial charge on any atom is -0.477 e. The van der Waals surface area contributed by atoms with Gasteiger partial charge in [0.1, 0.15) is 6.10 Å². The molecule has 2 aliphatic rings. The minimum atomic E-state index is 0.108. The topological polar surface area (TPSA) is 73.3 Å². The molecule has 0 aliphatic heterocycles. The van der Waals surface area contributed by atoms with Crippen molar-refractivity contribution in [2.24, 2.45) is 5.92 Å². The van der Waals surface area contributed by atoms with E-state index in [1.54, 1.807) is 19.5 Å². The van der Waals surface area contributed by atoms with Crippen molar-refractivity contribution >= 4 is 5.91 Å². The summed E-state index contributed by atoms with van der Waals surface area (Å²) in [6.45, 7) is 0. The van der Waals surface area contributed by atoms with E-state index in [4.69, 9.17) is 9.47 Å². The van der Waals surface area contributed by atoms with Crippen LogP contribution in [0.5, 0.6) is 11.8 Å². The van der Waals surface area contributed by atoms with Crippen LogP contribution in [0, 0.1) is 5.92 Å². The maximum Gasteiger partial charge on any atom is 0.278 e. The van der Waals surface area contributed by atoms with Gasteiger partial charge in [0.2, 0.25) is 5.91 Å². The maximum atomic E-state index is 12.3. The molecular formula is C19H29N3O3. The third kappa shape index (κ3) is 5.31. The average Bonchev–Trinajstić information content (AvgIpc) is 2.64. The van der Waals surface area contributed by atoms with Crippen molar-refractivity contribution < 1.29 is 14.3 Å². The average molecular weight is 347 g/mol. The lowest BCUT2D eigenvalue weighted by molar-refractivity contribution is -0.123. The number of methoxy groups -OCH3 is 1. The summed E-state index contributed by atoms with van der Waals surface area (Å²) in [6.07, 6.45) is 14.1. The van der Waals surface area contributed by atoms with E-state index >= 15 is 0 Å². The fourth-order valence-corrected chi connectivity index (χ4v) is 3.96. The zero-order valence-electron chi connectivity index (χ0n) is 15.1. The third-order valence-electron chi connectivity index (χ3n) is 5.34. The number of rotatable bonds is 6. The Morgan fingerprint density at radius 2 is 1.72 bits per heavy atom. The molecule has 1 aromatic heterocycles. The Hall–Kier alpha value is -1.85. The summed E-state index contributed by atoms with van der Waals surface area (Å²) in [5.41, 5.74) is 0. The monoisotopic (exact) mass is 347 g/mol. The van der Waals surface area contributed by atoms with Crippen LogP contribution in [0.15, 0.2) is 12.4 Å². The molecule has 3 rings (SSSR count). The first-order valence-corrected chi connectivity index (χ1v) is 9.55. The highest BCUT2D eigenvalue weighted by Gasteiger charge is 2.26. The molecule has 1 N–H and O–H groups in total. The van der Waals surface area contributed by atoms with E-state index in [1.807, 2.05) is 0 Å². The van der Waals surface area contributed by atoms with Crippen molar-refractivity contribution in [3.8, 4) is 11.8 Å². The summed E-state index contributed by atoms with van der Waals surface area (Å²) >= 11 is 0. The summed E-state index contributed by atoms with van der Waals surface area (Å²) in [6, 6.07) is 0.277. The summed E-state index contributed by atoms with van der Waals surface area (Å²) in [5.74, 6) is 1.70. The van der Waals surface area contributed by atoms with Crippen LogP contribution in [-0.4, -0.2) is 35.1 Å². The van der Waals surface area contributed by atoms with Crippen molar-refractivity contribution in [3.05, 3.63) is 12.4 Å². The molecule has 0 saturated heterocycles. The number of aromatic nitrogens is 2. The molecule has 25 heavy (non-hydrogen) atoms. The molecule has 2 saturated carbocycles.